The van der Waals surface area contributed by atoms with Crippen LogP contribution in [0.5, 0.6) is 0 Å². The van der Waals surface area contributed by atoms with Gasteiger partial charge in [0.05, 0.1) is 0 Å². The molecule has 0 N–H and O–H groups in total. The number of pyridine rings is 1. The molecule has 3 aliphatic heterocycles. The second kappa shape index (κ2) is 6.99. The number of piperidine rings is 1. The second-order valence-electron chi connectivity index (χ2n) is 7.28. The van der Waals surface area contributed by atoms with Gasteiger partial charge in [0, 0.05) is 57.7 Å². The lowest BCUT2D eigenvalue weighted by molar-refractivity contribution is 0.0576. The van der Waals surface area contributed by atoms with Crippen LogP contribution in [0.4, 0.5) is 0 Å². The van der Waals surface area contributed by atoms with Crippen molar-refractivity contribution in [2.75, 3.05) is 19.6 Å². The van der Waals surface area contributed by atoms with Crippen LogP contribution in [0.2, 0.25) is 0 Å². The molecule has 0 aromatic carbocycles. The Morgan fingerprint density at radius 3 is 2.69 bits per heavy atom. The summed E-state index contributed by atoms with van der Waals surface area (Å²) in [4.78, 5) is 33.0. The highest BCUT2D eigenvalue weighted by Crippen LogP contribution is 2.29. The molecule has 5 heterocycles. The van der Waals surface area contributed by atoms with Crippen LogP contribution in [0.15, 0.2) is 41.5 Å². The number of aryl methyl sites for hydroxylation is 1. The van der Waals surface area contributed by atoms with E-state index in [1.54, 1.807) is 7.05 Å². The average molecular weight is 353 g/mol. The van der Waals surface area contributed by atoms with Gasteiger partial charge in [0.1, 0.15) is 5.69 Å². The highest BCUT2D eigenvalue weighted by molar-refractivity contribution is 5.92. The molecule has 5 rings (SSSR count). The van der Waals surface area contributed by atoms with Crippen molar-refractivity contribution < 1.29 is 4.79 Å². The summed E-state index contributed by atoms with van der Waals surface area (Å²) in [5.74, 6) is 0.410. The van der Waals surface area contributed by atoms with E-state index in [1.165, 1.54) is 22.4 Å². The summed E-state index contributed by atoms with van der Waals surface area (Å²) >= 11 is 0. The molecule has 2 aromatic rings. The molecule has 2 aromatic heterocycles. The lowest BCUT2D eigenvalue weighted by atomic mass is 9.94. The Hall–Kier alpha value is -2.54. The van der Waals surface area contributed by atoms with Gasteiger partial charge in [-0.3, -0.25) is 19.5 Å². The predicted octanol–water partition coefficient (Wildman–Crippen LogP) is 0.912. The number of carbonyl (C=O) groups is 1. The van der Waals surface area contributed by atoms with Gasteiger partial charge in [0.25, 0.3) is 11.5 Å². The molecule has 2 unspecified atom stereocenters. The lowest BCUT2D eigenvalue weighted by Crippen LogP contribution is -2.47. The molecule has 7 heteroatoms. The number of aromatic nitrogens is 3. The fraction of sp³-hybridized carbons (Fsp3) is 0.474. The van der Waals surface area contributed by atoms with Gasteiger partial charge in [0.2, 0.25) is 0 Å². The van der Waals surface area contributed by atoms with Gasteiger partial charge in [-0.05, 0) is 42.5 Å². The first-order valence-electron chi connectivity index (χ1n) is 9.07. The molecular weight excluding hydrogens is 330 g/mol. The minimum atomic E-state index is -0.206. The lowest BCUT2D eigenvalue weighted by Gasteiger charge is -2.36. The topological polar surface area (TPSA) is 71.3 Å². The molecule has 2 bridgehead atoms. The zero-order chi connectivity index (χ0) is 18.1. The number of amides is 1. The third kappa shape index (κ3) is 3.39. The molecule has 3 saturated heterocycles. The third-order valence-corrected chi connectivity index (χ3v) is 5.39. The summed E-state index contributed by atoms with van der Waals surface area (Å²) < 4.78 is 1.22. The SMILES string of the molecule is Cn1nc(C(=O)N2CC3CCC2CN(Cc2ccncc2)C3)ccc1=O. The van der Waals surface area contributed by atoms with E-state index in [9.17, 15) is 9.59 Å². The molecule has 0 spiro atoms. The van der Waals surface area contributed by atoms with E-state index in [0.29, 0.717) is 11.6 Å². The van der Waals surface area contributed by atoms with Crippen molar-refractivity contribution >= 4 is 5.91 Å². The van der Waals surface area contributed by atoms with Crippen LogP contribution in [-0.4, -0.2) is 56.1 Å². The molecule has 136 valence electrons. The maximum atomic E-state index is 13.0. The Bertz CT molecular complexity index is 851. The first kappa shape index (κ1) is 16.9. The molecular formula is C19H23N5O2. The van der Waals surface area contributed by atoms with Crippen LogP contribution in [0.3, 0.4) is 0 Å². The highest BCUT2D eigenvalue weighted by Gasteiger charge is 2.37. The highest BCUT2D eigenvalue weighted by atomic mass is 16.2. The molecule has 0 aliphatic carbocycles. The summed E-state index contributed by atoms with van der Waals surface area (Å²) in [6.07, 6.45) is 5.82. The minimum Gasteiger partial charge on any atom is -0.333 e. The van der Waals surface area contributed by atoms with Crippen molar-refractivity contribution in [2.45, 2.75) is 25.4 Å². The van der Waals surface area contributed by atoms with E-state index in [1.807, 2.05) is 29.4 Å². The van der Waals surface area contributed by atoms with Gasteiger partial charge in [0.15, 0.2) is 0 Å². The summed E-state index contributed by atoms with van der Waals surface area (Å²) in [5.41, 5.74) is 1.39. The molecule has 0 radical (unpaired) electrons. The molecule has 2 atom stereocenters. The Labute approximate surface area is 152 Å². The average Bonchev–Trinajstić information content (AvgIpc) is 2.95. The van der Waals surface area contributed by atoms with Crippen molar-refractivity contribution in [3.8, 4) is 0 Å². The van der Waals surface area contributed by atoms with Gasteiger partial charge in [-0.2, -0.15) is 5.10 Å². The summed E-state index contributed by atoms with van der Waals surface area (Å²) in [6, 6.07) is 7.24. The van der Waals surface area contributed by atoms with Gasteiger partial charge in [-0.1, -0.05) is 0 Å². The zero-order valence-corrected chi connectivity index (χ0v) is 14.9. The molecule has 1 amide bonds. The predicted molar refractivity (Wildman–Crippen MR) is 96.5 cm³/mol. The van der Waals surface area contributed by atoms with Gasteiger partial charge in [-0.25, -0.2) is 4.68 Å². The first-order chi connectivity index (χ1) is 12.6. The fourth-order valence-electron chi connectivity index (χ4n) is 4.07. The number of fused-ring (bicyclic) bond motifs is 4. The first-order valence-corrected chi connectivity index (χ1v) is 9.07. The maximum Gasteiger partial charge on any atom is 0.274 e. The summed E-state index contributed by atoms with van der Waals surface area (Å²) in [7, 11) is 1.57. The molecule has 3 aliphatic rings. The Kier molecular flexibility index (Phi) is 4.55. The van der Waals surface area contributed by atoms with Crippen molar-refractivity contribution in [3.63, 3.8) is 0 Å². The van der Waals surface area contributed by atoms with Gasteiger partial charge < -0.3 is 4.90 Å². The molecule has 7 nitrogen and oxygen atoms in total. The van der Waals surface area contributed by atoms with E-state index in [2.05, 4.69) is 15.0 Å². The van der Waals surface area contributed by atoms with Gasteiger partial charge >= 0.3 is 0 Å². The molecule has 3 fully saturated rings. The second-order valence-corrected chi connectivity index (χ2v) is 7.28. The molecule has 26 heavy (non-hydrogen) atoms. The number of carbonyl (C=O) groups excluding carboxylic acids is 1. The number of hydrogen-bond donors (Lipinski definition) is 0. The minimum absolute atomic E-state index is 0.0685. The smallest absolute Gasteiger partial charge is 0.274 e. The van der Waals surface area contributed by atoms with Crippen LogP contribution in [0.1, 0.15) is 28.9 Å². The Morgan fingerprint density at radius 2 is 1.92 bits per heavy atom. The zero-order valence-electron chi connectivity index (χ0n) is 14.9. The van der Waals surface area contributed by atoms with Crippen molar-refractivity contribution in [2.24, 2.45) is 13.0 Å². The van der Waals surface area contributed by atoms with E-state index in [0.717, 1.165) is 39.0 Å². The Balaban J connectivity index is 1.52. The number of nitrogens with zero attached hydrogens (tertiary/aromatic N) is 5. The fourth-order valence-corrected chi connectivity index (χ4v) is 4.07. The van der Waals surface area contributed by atoms with E-state index < -0.39 is 0 Å². The normalized spacial score (nSPS) is 23.0. The van der Waals surface area contributed by atoms with Gasteiger partial charge in [-0.15, -0.1) is 0 Å². The summed E-state index contributed by atoms with van der Waals surface area (Å²) in [6.45, 7) is 3.52. The Morgan fingerprint density at radius 1 is 1.12 bits per heavy atom. The number of rotatable bonds is 3. The van der Waals surface area contributed by atoms with Crippen LogP contribution < -0.4 is 5.56 Å². The van der Waals surface area contributed by atoms with E-state index in [-0.39, 0.29) is 17.5 Å². The van der Waals surface area contributed by atoms with E-state index in [4.69, 9.17) is 0 Å². The largest absolute Gasteiger partial charge is 0.333 e. The van der Waals surface area contributed by atoms with Crippen molar-refractivity contribution in [1.29, 1.82) is 0 Å². The third-order valence-electron chi connectivity index (χ3n) is 5.39. The van der Waals surface area contributed by atoms with Crippen LogP contribution >= 0.6 is 0 Å². The van der Waals surface area contributed by atoms with Crippen LogP contribution in [-0.2, 0) is 13.6 Å². The maximum absolute atomic E-state index is 13.0. The van der Waals surface area contributed by atoms with Crippen molar-refractivity contribution in [3.05, 3.63) is 58.3 Å². The molecule has 0 saturated carbocycles. The van der Waals surface area contributed by atoms with Crippen molar-refractivity contribution in [1.82, 2.24) is 24.6 Å². The van der Waals surface area contributed by atoms with E-state index >= 15 is 0 Å². The van der Waals surface area contributed by atoms with Crippen LogP contribution in [0, 0.1) is 5.92 Å². The summed E-state index contributed by atoms with van der Waals surface area (Å²) in [5, 5.41) is 4.14. The quantitative estimate of drug-likeness (QED) is 0.820. The standard InChI is InChI=1S/C19H23N5O2/c1-22-18(25)5-4-17(21-22)19(26)24-12-15-2-3-16(24)13-23(11-15)10-14-6-8-20-9-7-14/h4-9,15-16H,2-3,10-13H2,1H3. The monoisotopic (exact) mass is 353 g/mol. The number of hydrogen-bond acceptors (Lipinski definition) is 5. The van der Waals surface area contributed by atoms with Crippen LogP contribution in [0.25, 0.3) is 0 Å².